The maximum Gasteiger partial charge on any atom is 0.307 e. The van der Waals surface area contributed by atoms with Gasteiger partial charge in [-0.3, -0.25) is 4.79 Å². The third-order valence-corrected chi connectivity index (χ3v) is 3.37. The fraction of sp³-hybridized carbons (Fsp3) is 0.500. The van der Waals surface area contributed by atoms with Crippen molar-refractivity contribution in [2.45, 2.75) is 53.4 Å². The summed E-state index contributed by atoms with van der Waals surface area (Å²) in [6.07, 6.45) is 4.78. The zero-order chi connectivity index (χ0) is 15.8. The highest BCUT2D eigenvalue weighted by molar-refractivity contribution is 5.75. The first-order valence-corrected chi connectivity index (χ1v) is 7.64. The number of allylic oxidation sites excluding steroid dienone is 1. The third-order valence-electron chi connectivity index (χ3n) is 3.37. The molecule has 0 heterocycles. The minimum Gasteiger partial charge on any atom is -0.493 e. The van der Waals surface area contributed by atoms with E-state index in [1.165, 1.54) is 0 Å². The first-order chi connectivity index (χ1) is 9.99. The average molecular weight is 290 g/mol. The second-order valence-electron chi connectivity index (χ2n) is 5.36. The van der Waals surface area contributed by atoms with Crippen molar-refractivity contribution in [3.8, 4) is 5.75 Å². The molecule has 0 saturated carbocycles. The molecule has 0 aliphatic rings. The van der Waals surface area contributed by atoms with Crippen LogP contribution in [0.1, 0.15) is 56.2 Å². The lowest BCUT2D eigenvalue weighted by atomic mass is 9.94. The van der Waals surface area contributed by atoms with Gasteiger partial charge in [0.15, 0.2) is 0 Å². The van der Waals surface area contributed by atoms with Crippen molar-refractivity contribution < 1.29 is 14.6 Å². The molecule has 0 fully saturated rings. The predicted octanol–water partition coefficient (Wildman–Crippen LogP) is 4.75. The molecule has 1 aromatic carbocycles. The molecule has 3 nitrogen and oxygen atoms in total. The number of ether oxygens (including phenoxy) is 1. The smallest absolute Gasteiger partial charge is 0.307 e. The zero-order valence-corrected chi connectivity index (χ0v) is 13.5. The van der Waals surface area contributed by atoms with Crippen molar-refractivity contribution in [1.82, 2.24) is 0 Å². The topological polar surface area (TPSA) is 46.5 Å². The van der Waals surface area contributed by atoms with Crippen LogP contribution in [0.3, 0.4) is 0 Å². The van der Waals surface area contributed by atoms with Crippen LogP contribution in [0.2, 0.25) is 0 Å². The second kappa shape index (κ2) is 8.50. The first kappa shape index (κ1) is 17.3. The molecule has 1 aromatic rings. The van der Waals surface area contributed by atoms with Crippen LogP contribution in [-0.2, 0) is 4.79 Å². The summed E-state index contributed by atoms with van der Waals surface area (Å²) in [7, 11) is 0. The Bertz CT molecular complexity index is 515. The van der Waals surface area contributed by atoms with E-state index in [0.717, 1.165) is 53.9 Å². The summed E-state index contributed by atoms with van der Waals surface area (Å²) in [5.74, 6) is 0.132. The summed E-state index contributed by atoms with van der Waals surface area (Å²) in [5, 5.41) is 8.88. The largest absolute Gasteiger partial charge is 0.493 e. The number of carboxylic acid groups (broad SMARTS) is 1. The summed E-state index contributed by atoms with van der Waals surface area (Å²) in [6, 6.07) is 4.17. The number of hydrogen-bond acceptors (Lipinski definition) is 2. The number of carboxylic acids is 1. The lowest BCUT2D eigenvalue weighted by Crippen LogP contribution is -2.00. The number of rotatable bonds is 8. The predicted molar refractivity (Wildman–Crippen MR) is 86.8 cm³/mol. The van der Waals surface area contributed by atoms with E-state index in [9.17, 15) is 4.79 Å². The Balaban J connectivity index is 3.11. The van der Waals surface area contributed by atoms with E-state index in [1.54, 1.807) is 0 Å². The minimum absolute atomic E-state index is 0.0713. The summed E-state index contributed by atoms with van der Waals surface area (Å²) in [5.41, 5.74) is 4.49. The van der Waals surface area contributed by atoms with E-state index in [-0.39, 0.29) is 6.42 Å². The summed E-state index contributed by atoms with van der Waals surface area (Å²) in [6.45, 7) is 9.00. The molecule has 0 atom stereocenters. The molecule has 0 bridgehead atoms. The molecule has 0 amide bonds. The molecule has 0 saturated heterocycles. The van der Waals surface area contributed by atoms with Crippen molar-refractivity contribution in [3.05, 3.63) is 34.9 Å². The summed E-state index contributed by atoms with van der Waals surface area (Å²) >= 11 is 0. The molecule has 0 aromatic heterocycles. The second-order valence-corrected chi connectivity index (χ2v) is 5.36. The van der Waals surface area contributed by atoms with Gasteiger partial charge in [0.1, 0.15) is 5.75 Å². The Morgan fingerprint density at radius 2 is 1.90 bits per heavy atom. The number of benzene rings is 1. The molecule has 1 N–H and O–H groups in total. The van der Waals surface area contributed by atoms with Crippen LogP contribution in [0.4, 0.5) is 0 Å². The fourth-order valence-electron chi connectivity index (χ4n) is 2.33. The standard InChI is InChI=1S/C18H26O3/c1-5-7-15(8-9-18(19)20)16-11-14(4)17(12-13(16)3)21-10-6-2/h8,11-12H,5-7,9-10H2,1-4H3,(H,19,20)/b15-8+. The quantitative estimate of drug-likeness (QED) is 0.751. The Morgan fingerprint density at radius 1 is 1.19 bits per heavy atom. The average Bonchev–Trinajstić information content (AvgIpc) is 2.44. The van der Waals surface area contributed by atoms with Crippen LogP contribution in [-0.4, -0.2) is 17.7 Å². The first-order valence-electron chi connectivity index (χ1n) is 7.64. The molecule has 116 valence electrons. The maximum atomic E-state index is 10.8. The van der Waals surface area contributed by atoms with E-state index in [4.69, 9.17) is 9.84 Å². The van der Waals surface area contributed by atoms with E-state index >= 15 is 0 Å². The van der Waals surface area contributed by atoms with Crippen molar-refractivity contribution in [3.63, 3.8) is 0 Å². The van der Waals surface area contributed by atoms with Crippen LogP contribution in [0.5, 0.6) is 5.75 Å². The van der Waals surface area contributed by atoms with Gasteiger partial charge in [0, 0.05) is 0 Å². The monoisotopic (exact) mass is 290 g/mol. The normalized spacial score (nSPS) is 11.5. The zero-order valence-electron chi connectivity index (χ0n) is 13.5. The van der Waals surface area contributed by atoms with Crippen molar-refractivity contribution in [2.75, 3.05) is 6.61 Å². The van der Waals surface area contributed by atoms with Gasteiger partial charge in [-0.25, -0.2) is 0 Å². The van der Waals surface area contributed by atoms with E-state index in [1.807, 2.05) is 13.0 Å². The Morgan fingerprint density at radius 3 is 2.48 bits per heavy atom. The molecule has 0 aliphatic heterocycles. The van der Waals surface area contributed by atoms with Gasteiger partial charge in [0.05, 0.1) is 13.0 Å². The van der Waals surface area contributed by atoms with Crippen molar-refractivity contribution in [2.24, 2.45) is 0 Å². The van der Waals surface area contributed by atoms with Crippen molar-refractivity contribution >= 4 is 11.5 Å². The Kier molecular flexibility index (Phi) is 7.00. The number of carbonyl (C=O) groups is 1. The van der Waals surface area contributed by atoms with Crippen LogP contribution in [0, 0.1) is 13.8 Å². The highest BCUT2D eigenvalue weighted by Gasteiger charge is 2.10. The Labute approximate surface area is 127 Å². The van der Waals surface area contributed by atoms with Gasteiger partial charge in [-0.05, 0) is 61.1 Å². The van der Waals surface area contributed by atoms with Crippen LogP contribution in [0.15, 0.2) is 18.2 Å². The van der Waals surface area contributed by atoms with E-state index < -0.39 is 5.97 Å². The van der Waals surface area contributed by atoms with Gasteiger partial charge >= 0.3 is 5.97 Å². The fourth-order valence-corrected chi connectivity index (χ4v) is 2.33. The van der Waals surface area contributed by atoms with Gasteiger partial charge in [0.2, 0.25) is 0 Å². The van der Waals surface area contributed by atoms with Gasteiger partial charge in [-0.2, -0.15) is 0 Å². The molecule has 0 spiro atoms. The third kappa shape index (κ3) is 5.25. The maximum absolute atomic E-state index is 10.8. The molecular weight excluding hydrogens is 264 g/mol. The van der Waals surface area contributed by atoms with E-state index in [2.05, 4.69) is 32.9 Å². The number of aryl methyl sites for hydroxylation is 2. The molecule has 0 aliphatic carbocycles. The van der Waals surface area contributed by atoms with Gasteiger partial charge in [0.25, 0.3) is 0 Å². The van der Waals surface area contributed by atoms with Gasteiger partial charge < -0.3 is 9.84 Å². The summed E-state index contributed by atoms with van der Waals surface area (Å²) in [4.78, 5) is 10.8. The lowest BCUT2D eigenvalue weighted by molar-refractivity contribution is -0.135. The highest BCUT2D eigenvalue weighted by atomic mass is 16.5. The summed E-state index contributed by atoms with van der Waals surface area (Å²) < 4.78 is 5.75. The van der Waals surface area contributed by atoms with Gasteiger partial charge in [-0.1, -0.05) is 26.3 Å². The highest BCUT2D eigenvalue weighted by Crippen LogP contribution is 2.30. The molecule has 0 radical (unpaired) electrons. The van der Waals surface area contributed by atoms with Gasteiger partial charge in [-0.15, -0.1) is 0 Å². The number of aliphatic carboxylic acids is 1. The number of hydrogen-bond donors (Lipinski definition) is 1. The lowest BCUT2D eigenvalue weighted by Gasteiger charge is -2.15. The molecule has 1 rings (SSSR count). The molecular formula is C18H26O3. The van der Waals surface area contributed by atoms with Crippen LogP contribution < -0.4 is 4.74 Å². The SMILES string of the molecule is CCCOc1cc(C)c(/C(=C/CC(=O)O)CCC)cc1C. The van der Waals surface area contributed by atoms with Crippen LogP contribution >= 0.6 is 0 Å². The molecule has 21 heavy (non-hydrogen) atoms. The van der Waals surface area contributed by atoms with E-state index in [0.29, 0.717) is 0 Å². The van der Waals surface area contributed by atoms with Crippen LogP contribution in [0.25, 0.3) is 5.57 Å². The molecule has 0 unspecified atom stereocenters. The van der Waals surface area contributed by atoms with Crippen molar-refractivity contribution in [1.29, 1.82) is 0 Å². The Hall–Kier alpha value is -1.77. The molecule has 3 heteroatoms. The minimum atomic E-state index is -0.791.